The van der Waals surface area contributed by atoms with Crippen LogP contribution in [-0.2, 0) is 28.7 Å². The van der Waals surface area contributed by atoms with E-state index in [-0.39, 0.29) is 16.9 Å². The van der Waals surface area contributed by atoms with Crippen molar-refractivity contribution in [2.24, 2.45) is 0 Å². The van der Waals surface area contributed by atoms with Crippen LogP contribution in [0.15, 0.2) is 18.2 Å². The van der Waals surface area contributed by atoms with Crippen molar-refractivity contribution >= 4 is 35.1 Å². The Morgan fingerprint density at radius 3 is 1.67 bits per heavy atom. The zero-order valence-electron chi connectivity index (χ0n) is 13.0. The van der Waals surface area contributed by atoms with Crippen LogP contribution in [0.4, 0.5) is 11.4 Å². The van der Waals surface area contributed by atoms with Crippen molar-refractivity contribution < 1.29 is 28.7 Å². The van der Waals surface area contributed by atoms with E-state index in [1.54, 1.807) is 0 Å². The number of hydrogen-bond donors (Lipinski definition) is 2. The van der Waals surface area contributed by atoms with Crippen LogP contribution in [0.2, 0.25) is 0 Å². The molecule has 0 fully saturated rings. The Hall–Kier alpha value is -3.41. The van der Waals surface area contributed by atoms with Crippen molar-refractivity contribution in [2.75, 3.05) is 23.8 Å². The molecule has 0 saturated carbocycles. The number of anilines is 2. The number of hydrogen-bond acceptors (Lipinski definition) is 7. The summed E-state index contributed by atoms with van der Waals surface area (Å²) >= 11 is 0. The van der Waals surface area contributed by atoms with Crippen LogP contribution in [0.5, 0.6) is 0 Å². The first-order valence-corrected chi connectivity index (χ1v) is 6.71. The summed E-state index contributed by atoms with van der Waals surface area (Å²) in [4.78, 5) is 44.5. The number of nitriles is 1. The van der Waals surface area contributed by atoms with Gasteiger partial charge < -0.3 is 20.1 Å². The van der Waals surface area contributed by atoms with Crippen molar-refractivity contribution in [3.63, 3.8) is 0 Å². The van der Waals surface area contributed by atoms with Gasteiger partial charge in [0.05, 0.1) is 11.6 Å². The normalized spacial score (nSPS) is 9.38. The average molecular weight is 333 g/mol. The van der Waals surface area contributed by atoms with Crippen LogP contribution in [0.3, 0.4) is 0 Å². The lowest BCUT2D eigenvalue weighted by molar-refractivity contribution is -0.145. The first kappa shape index (κ1) is 18.6. The minimum atomic E-state index is -0.602. The largest absolute Gasteiger partial charge is 0.456 e. The first-order valence-electron chi connectivity index (χ1n) is 6.71. The summed E-state index contributed by atoms with van der Waals surface area (Å²) in [7, 11) is 0. The number of benzene rings is 1. The molecule has 0 heterocycles. The van der Waals surface area contributed by atoms with E-state index in [0.717, 1.165) is 0 Å². The molecular weight excluding hydrogens is 318 g/mol. The number of carbonyl (C=O) groups is 4. The minimum Gasteiger partial charge on any atom is -0.456 e. The summed E-state index contributed by atoms with van der Waals surface area (Å²) in [6, 6.07) is 6.05. The Kier molecular flexibility index (Phi) is 6.91. The second-order valence-corrected chi connectivity index (χ2v) is 4.57. The summed E-state index contributed by atoms with van der Waals surface area (Å²) in [5.74, 6) is -2.40. The summed E-state index contributed by atoms with van der Waals surface area (Å²) in [5, 5.41) is 13.9. The van der Waals surface area contributed by atoms with E-state index in [1.165, 1.54) is 32.0 Å². The predicted octanol–water partition coefficient (Wildman–Crippen LogP) is 0.561. The van der Waals surface area contributed by atoms with Crippen molar-refractivity contribution in [3.05, 3.63) is 23.8 Å². The van der Waals surface area contributed by atoms with Gasteiger partial charge in [-0.1, -0.05) is 0 Å². The van der Waals surface area contributed by atoms with E-state index in [0.29, 0.717) is 0 Å². The zero-order chi connectivity index (χ0) is 18.1. The quantitative estimate of drug-likeness (QED) is 0.726. The van der Waals surface area contributed by atoms with Crippen molar-refractivity contribution in [3.8, 4) is 6.07 Å². The third-order valence-electron chi connectivity index (χ3n) is 2.44. The second-order valence-electron chi connectivity index (χ2n) is 4.57. The summed E-state index contributed by atoms with van der Waals surface area (Å²) in [6.07, 6.45) is 0. The topological polar surface area (TPSA) is 135 Å². The molecule has 0 bridgehead atoms. The highest BCUT2D eigenvalue weighted by Crippen LogP contribution is 2.19. The molecule has 9 heteroatoms. The summed E-state index contributed by atoms with van der Waals surface area (Å²) < 4.78 is 9.09. The predicted molar refractivity (Wildman–Crippen MR) is 81.7 cm³/mol. The fraction of sp³-hybridized carbons (Fsp3) is 0.267. The van der Waals surface area contributed by atoms with Crippen LogP contribution < -0.4 is 10.6 Å². The Labute approximate surface area is 137 Å². The molecular formula is C15H15N3O6. The standard InChI is InChI=1S/C15H15N3O6/c1-9(19)23-7-14(21)17-12-3-11(6-16)4-13(5-12)18-15(22)8-24-10(2)20/h3-5H,7-8H2,1-2H3,(H,17,21)(H,18,22). The molecule has 24 heavy (non-hydrogen) atoms. The Morgan fingerprint density at radius 2 is 1.33 bits per heavy atom. The number of rotatable bonds is 6. The summed E-state index contributed by atoms with van der Waals surface area (Å²) in [5.41, 5.74) is 0.644. The molecule has 2 N–H and O–H groups in total. The highest BCUT2D eigenvalue weighted by molar-refractivity contribution is 5.96. The number of nitrogens with one attached hydrogen (secondary N) is 2. The van der Waals surface area contributed by atoms with E-state index in [2.05, 4.69) is 20.1 Å². The Bertz CT molecular complexity index is 657. The van der Waals surface area contributed by atoms with Gasteiger partial charge in [-0.25, -0.2) is 0 Å². The summed E-state index contributed by atoms with van der Waals surface area (Å²) in [6.45, 7) is 1.39. The zero-order valence-corrected chi connectivity index (χ0v) is 13.0. The lowest BCUT2D eigenvalue weighted by Gasteiger charge is -2.10. The van der Waals surface area contributed by atoms with Gasteiger partial charge in [0.15, 0.2) is 13.2 Å². The lowest BCUT2D eigenvalue weighted by Crippen LogP contribution is -2.21. The van der Waals surface area contributed by atoms with Gasteiger partial charge in [-0.05, 0) is 18.2 Å². The highest BCUT2D eigenvalue weighted by atomic mass is 16.5. The fourth-order valence-electron chi connectivity index (χ4n) is 1.56. The Morgan fingerprint density at radius 1 is 0.917 bits per heavy atom. The molecule has 0 spiro atoms. The molecule has 0 aliphatic heterocycles. The van der Waals surface area contributed by atoms with Gasteiger partial charge in [-0.2, -0.15) is 5.26 Å². The van der Waals surface area contributed by atoms with Gasteiger partial charge in [0.1, 0.15) is 0 Å². The van der Waals surface area contributed by atoms with Crippen molar-refractivity contribution in [1.29, 1.82) is 5.26 Å². The number of ether oxygens (including phenoxy) is 2. The molecule has 1 rings (SSSR count). The van der Waals surface area contributed by atoms with Gasteiger partial charge in [-0.15, -0.1) is 0 Å². The number of carbonyl (C=O) groups excluding carboxylic acids is 4. The molecule has 126 valence electrons. The Balaban J connectivity index is 2.79. The van der Waals surface area contributed by atoms with Gasteiger partial charge >= 0.3 is 11.9 Å². The van der Waals surface area contributed by atoms with E-state index >= 15 is 0 Å². The lowest BCUT2D eigenvalue weighted by atomic mass is 10.2. The number of esters is 2. The van der Waals surface area contributed by atoms with E-state index in [1.807, 2.05) is 6.07 Å². The maximum absolute atomic E-state index is 11.6. The number of nitrogens with zero attached hydrogens (tertiary/aromatic N) is 1. The van der Waals surface area contributed by atoms with Crippen LogP contribution in [0.1, 0.15) is 19.4 Å². The van der Waals surface area contributed by atoms with E-state index < -0.39 is 37.0 Å². The fourth-order valence-corrected chi connectivity index (χ4v) is 1.56. The molecule has 9 nitrogen and oxygen atoms in total. The molecule has 0 radical (unpaired) electrons. The first-order chi connectivity index (χ1) is 11.3. The minimum absolute atomic E-state index is 0.183. The van der Waals surface area contributed by atoms with Gasteiger partial charge in [0, 0.05) is 25.2 Å². The molecule has 2 amide bonds. The maximum Gasteiger partial charge on any atom is 0.303 e. The van der Waals surface area contributed by atoms with E-state index in [9.17, 15) is 19.2 Å². The average Bonchev–Trinajstić information content (AvgIpc) is 2.50. The number of amides is 2. The van der Waals surface area contributed by atoms with Gasteiger partial charge in [-0.3, -0.25) is 19.2 Å². The van der Waals surface area contributed by atoms with Crippen LogP contribution in [0.25, 0.3) is 0 Å². The van der Waals surface area contributed by atoms with Crippen LogP contribution in [-0.4, -0.2) is 37.0 Å². The monoisotopic (exact) mass is 333 g/mol. The van der Waals surface area contributed by atoms with Crippen LogP contribution >= 0.6 is 0 Å². The SMILES string of the molecule is CC(=O)OCC(=O)Nc1cc(C#N)cc(NC(=O)COC(C)=O)c1. The molecule has 0 aromatic heterocycles. The third kappa shape index (κ3) is 7.04. The molecule has 0 unspecified atom stereocenters. The molecule has 0 aliphatic rings. The molecule has 0 aliphatic carbocycles. The van der Waals surface area contributed by atoms with E-state index in [4.69, 9.17) is 5.26 Å². The third-order valence-corrected chi connectivity index (χ3v) is 2.44. The van der Waals surface area contributed by atoms with Crippen molar-refractivity contribution in [1.82, 2.24) is 0 Å². The van der Waals surface area contributed by atoms with Gasteiger partial charge in [0.25, 0.3) is 11.8 Å². The van der Waals surface area contributed by atoms with Crippen LogP contribution in [0, 0.1) is 11.3 Å². The molecule has 0 saturated heterocycles. The maximum atomic E-state index is 11.6. The highest BCUT2D eigenvalue weighted by Gasteiger charge is 2.09. The van der Waals surface area contributed by atoms with Gasteiger partial charge in [0.2, 0.25) is 0 Å². The van der Waals surface area contributed by atoms with Crippen molar-refractivity contribution in [2.45, 2.75) is 13.8 Å². The molecule has 1 aromatic rings. The smallest absolute Gasteiger partial charge is 0.303 e. The molecule has 1 aromatic carbocycles. The molecule has 0 atom stereocenters. The second kappa shape index (κ2) is 8.89.